The van der Waals surface area contributed by atoms with Gasteiger partial charge >= 0.3 is 6.09 Å². The van der Waals surface area contributed by atoms with Crippen LogP contribution in [0.5, 0.6) is 0 Å². The standard InChI is InChI=1S/C10H20N2O2/c1-7(2)14-10(13)12-5-4-9(6-12)8(3)11/h7-9H,4-6,11H2,1-3H3. The average Bonchev–Trinajstić information content (AvgIpc) is 2.50. The molecule has 1 rings (SSSR count). The third-order valence-corrected chi connectivity index (χ3v) is 2.56. The highest BCUT2D eigenvalue weighted by atomic mass is 16.6. The minimum absolute atomic E-state index is 0.0446. The van der Waals surface area contributed by atoms with E-state index in [0.29, 0.717) is 5.92 Å². The van der Waals surface area contributed by atoms with E-state index in [-0.39, 0.29) is 18.2 Å². The fraction of sp³-hybridized carbons (Fsp3) is 0.900. The van der Waals surface area contributed by atoms with E-state index in [0.717, 1.165) is 19.5 Å². The zero-order valence-electron chi connectivity index (χ0n) is 9.19. The molecular formula is C10H20N2O2. The fourth-order valence-corrected chi connectivity index (χ4v) is 1.66. The second kappa shape index (κ2) is 4.64. The molecule has 0 aromatic heterocycles. The minimum atomic E-state index is -0.205. The highest BCUT2D eigenvalue weighted by Crippen LogP contribution is 2.19. The predicted octanol–water partition coefficient (Wildman–Crippen LogP) is 1.20. The van der Waals surface area contributed by atoms with Gasteiger partial charge in [0.05, 0.1) is 6.10 Å². The van der Waals surface area contributed by atoms with Gasteiger partial charge in [-0.1, -0.05) is 0 Å². The molecule has 1 amide bonds. The van der Waals surface area contributed by atoms with Gasteiger partial charge in [0.2, 0.25) is 0 Å². The highest BCUT2D eigenvalue weighted by Gasteiger charge is 2.29. The molecule has 1 aliphatic rings. The van der Waals surface area contributed by atoms with Gasteiger partial charge in [-0.3, -0.25) is 0 Å². The molecule has 0 aromatic carbocycles. The molecule has 1 aliphatic heterocycles. The molecule has 2 unspecified atom stereocenters. The molecule has 0 radical (unpaired) electrons. The third-order valence-electron chi connectivity index (χ3n) is 2.56. The maximum absolute atomic E-state index is 11.5. The van der Waals surface area contributed by atoms with Gasteiger partial charge in [-0.15, -0.1) is 0 Å². The van der Waals surface area contributed by atoms with Crippen LogP contribution >= 0.6 is 0 Å². The predicted molar refractivity (Wildman–Crippen MR) is 54.9 cm³/mol. The van der Waals surface area contributed by atoms with Crippen molar-refractivity contribution in [3.63, 3.8) is 0 Å². The smallest absolute Gasteiger partial charge is 0.410 e. The van der Waals surface area contributed by atoms with Crippen molar-refractivity contribution in [2.75, 3.05) is 13.1 Å². The van der Waals surface area contributed by atoms with Gasteiger partial charge in [-0.25, -0.2) is 4.79 Å². The summed E-state index contributed by atoms with van der Waals surface area (Å²) in [6.45, 7) is 7.22. The van der Waals surface area contributed by atoms with Gasteiger partial charge in [-0.05, 0) is 33.1 Å². The first kappa shape index (κ1) is 11.3. The van der Waals surface area contributed by atoms with Crippen molar-refractivity contribution in [2.24, 2.45) is 11.7 Å². The summed E-state index contributed by atoms with van der Waals surface area (Å²) in [6, 6.07) is 0.159. The summed E-state index contributed by atoms with van der Waals surface area (Å²) in [5.74, 6) is 0.426. The summed E-state index contributed by atoms with van der Waals surface area (Å²) in [6.07, 6.45) is 0.741. The van der Waals surface area contributed by atoms with Crippen LogP contribution in [0.4, 0.5) is 4.79 Å². The van der Waals surface area contributed by atoms with Crippen LogP contribution in [-0.4, -0.2) is 36.2 Å². The van der Waals surface area contributed by atoms with Crippen LogP contribution in [0.2, 0.25) is 0 Å². The molecule has 4 nitrogen and oxygen atoms in total. The molecule has 0 saturated carbocycles. The largest absolute Gasteiger partial charge is 0.447 e. The Bertz CT molecular complexity index is 204. The fourth-order valence-electron chi connectivity index (χ4n) is 1.66. The number of nitrogens with two attached hydrogens (primary N) is 1. The van der Waals surface area contributed by atoms with Crippen LogP contribution in [0.15, 0.2) is 0 Å². The number of ether oxygens (including phenoxy) is 1. The minimum Gasteiger partial charge on any atom is -0.447 e. The van der Waals surface area contributed by atoms with Crippen molar-refractivity contribution in [3.05, 3.63) is 0 Å². The number of rotatable bonds is 2. The van der Waals surface area contributed by atoms with E-state index in [4.69, 9.17) is 10.5 Å². The van der Waals surface area contributed by atoms with Crippen LogP contribution in [0, 0.1) is 5.92 Å². The van der Waals surface area contributed by atoms with Crippen LogP contribution in [0.3, 0.4) is 0 Å². The monoisotopic (exact) mass is 200 g/mol. The van der Waals surface area contributed by atoms with Crippen molar-refractivity contribution < 1.29 is 9.53 Å². The lowest BCUT2D eigenvalue weighted by Crippen LogP contribution is -2.34. The molecule has 0 aromatic rings. The van der Waals surface area contributed by atoms with Crippen molar-refractivity contribution in [2.45, 2.75) is 39.3 Å². The van der Waals surface area contributed by atoms with E-state index >= 15 is 0 Å². The van der Waals surface area contributed by atoms with E-state index in [9.17, 15) is 4.79 Å². The zero-order chi connectivity index (χ0) is 10.7. The van der Waals surface area contributed by atoms with Crippen molar-refractivity contribution >= 4 is 6.09 Å². The first-order valence-electron chi connectivity index (χ1n) is 5.22. The molecule has 1 heterocycles. The number of hydrogen-bond acceptors (Lipinski definition) is 3. The molecule has 1 saturated heterocycles. The number of amides is 1. The molecular weight excluding hydrogens is 180 g/mol. The van der Waals surface area contributed by atoms with Gasteiger partial charge in [0.1, 0.15) is 0 Å². The maximum Gasteiger partial charge on any atom is 0.410 e. The SMILES string of the molecule is CC(C)OC(=O)N1CCC(C(C)N)C1. The molecule has 1 fully saturated rings. The van der Waals surface area contributed by atoms with E-state index in [1.165, 1.54) is 0 Å². The molecule has 0 aliphatic carbocycles. The Kier molecular flexibility index (Phi) is 3.75. The van der Waals surface area contributed by atoms with Gasteiger partial charge in [0.25, 0.3) is 0 Å². The lowest BCUT2D eigenvalue weighted by molar-refractivity contribution is 0.0824. The normalized spacial score (nSPS) is 24.1. The van der Waals surface area contributed by atoms with E-state index in [1.54, 1.807) is 4.90 Å². The second-order valence-electron chi connectivity index (χ2n) is 4.29. The van der Waals surface area contributed by atoms with Gasteiger partial charge < -0.3 is 15.4 Å². The van der Waals surface area contributed by atoms with Crippen molar-refractivity contribution in [1.29, 1.82) is 0 Å². The van der Waals surface area contributed by atoms with Gasteiger partial charge in [0, 0.05) is 19.1 Å². The number of carbonyl (C=O) groups is 1. The number of carbonyl (C=O) groups excluding carboxylic acids is 1. The summed E-state index contributed by atoms with van der Waals surface area (Å²) in [7, 11) is 0. The summed E-state index contributed by atoms with van der Waals surface area (Å²) in [4.78, 5) is 13.2. The number of hydrogen-bond donors (Lipinski definition) is 1. The van der Waals surface area contributed by atoms with Crippen LogP contribution in [-0.2, 0) is 4.74 Å². The quantitative estimate of drug-likeness (QED) is 0.728. The topological polar surface area (TPSA) is 55.6 Å². The van der Waals surface area contributed by atoms with E-state index < -0.39 is 0 Å². The van der Waals surface area contributed by atoms with Crippen LogP contribution < -0.4 is 5.73 Å². The van der Waals surface area contributed by atoms with Crippen molar-refractivity contribution in [3.8, 4) is 0 Å². The second-order valence-corrected chi connectivity index (χ2v) is 4.29. The molecule has 14 heavy (non-hydrogen) atoms. The van der Waals surface area contributed by atoms with Gasteiger partial charge in [-0.2, -0.15) is 0 Å². The molecule has 2 atom stereocenters. The Hall–Kier alpha value is -0.770. The Labute approximate surface area is 85.4 Å². The Morgan fingerprint density at radius 3 is 2.57 bits per heavy atom. The first-order valence-corrected chi connectivity index (χ1v) is 5.22. The third kappa shape index (κ3) is 2.87. The molecule has 0 bridgehead atoms. The summed E-state index contributed by atoms with van der Waals surface area (Å²) in [5, 5.41) is 0. The first-order chi connectivity index (χ1) is 6.50. The lowest BCUT2D eigenvalue weighted by atomic mass is 10.0. The van der Waals surface area contributed by atoms with Crippen LogP contribution in [0.1, 0.15) is 27.2 Å². The molecule has 2 N–H and O–H groups in total. The number of likely N-dealkylation sites (tertiary alicyclic amines) is 1. The summed E-state index contributed by atoms with van der Waals surface area (Å²) >= 11 is 0. The maximum atomic E-state index is 11.5. The molecule has 4 heteroatoms. The Morgan fingerprint density at radius 2 is 2.14 bits per heavy atom. The van der Waals surface area contributed by atoms with Gasteiger partial charge in [0.15, 0.2) is 0 Å². The lowest BCUT2D eigenvalue weighted by Gasteiger charge is -2.19. The van der Waals surface area contributed by atoms with Crippen molar-refractivity contribution in [1.82, 2.24) is 4.90 Å². The zero-order valence-corrected chi connectivity index (χ0v) is 9.19. The van der Waals surface area contributed by atoms with Crippen LogP contribution in [0.25, 0.3) is 0 Å². The average molecular weight is 200 g/mol. The highest BCUT2D eigenvalue weighted by molar-refractivity contribution is 5.68. The Balaban J connectivity index is 2.38. The van der Waals surface area contributed by atoms with E-state index in [2.05, 4.69) is 0 Å². The molecule has 0 spiro atoms. The van der Waals surface area contributed by atoms with E-state index in [1.807, 2.05) is 20.8 Å². The summed E-state index contributed by atoms with van der Waals surface area (Å²) < 4.78 is 5.11. The number of nitrogens with zero attached hydrogens (tertiary/aromatic N) is 1. The Morgan fingerprint density at radius 1 is 1.50 bits per heavy atom. The summed E-state index contributed by atoms with van der Waals surface area (Å²) in [5.41, 5.74) is 5.78. The molecule has 82 valence electrons.